The van der Waals surface area contributed by atoms with Gasteiger partial charge in [0.2, 0.25) is 5.91 Å². The maximum Gasteiger partial charge on any atom is 0.228 e. The molecule has 7 nitrogen and oxygen atoms in total. The summed E-state index contributed by atoms with van der Waals surface area (Å²) in [5.41, 5.74) is 8.24. The zero-order valence-corrected chi connectivity index (χ0v) is 10.4. The van der Waals surface area contributed by atoms with Crippen molar-refractivity contribution in [2.75, 3.05) is 18.0 Å². The van der Waals surface area contributed by atoms with Crippen LogP contribution >= 0.6 is 15.9 Å². The van der Waals surface area contributed by atoms with E-state index in [0.29, 0.717) is 29.9 Å². The van der Waals surface area contributed by atoms with Gasteiger partial charge in [-0.2, -0.15) is 0 Å². The molecule has 88 valence electrons. The minimum atomic E-state index is -0.0141. The molecule has 0 N–H and O–H groups in total. The number of anilines is 1. The summed E-state index contributed by atoms with van der Waals surface area (Å²) >= 11 is 3.18. The molecular weight excluding hydrogens is 288 g/mol. The molecule has 0 saturated carbocycles. The molecule has 1 saturated heterocycles. The highest BCUT2D eigenvalue weighted by atomic mass is 79.9. The van der Waals surface area contributed by atoms with Gasteiger partial charge in [0.15, 0.2) is 5.82 Å². The van der Waals surface area contributed by atoms with Crippen molar-refractivity contribution in [2.24, 2.45) is 11.0 Å². The molecule has 1 aliphatic rings. The van der Waals surface area contributed by atoms with Gasteiger partial charge in [-0.3, -0.25) is 9.69 Å². The zero-order valence-electron chi connectivity index (χ0n) is 8.82. The number of rotatable bonds is 3. The van der Waals surface area contributed by atoms with Crippen LogP contribution in [0.15, 0.2) is 21.9 Å². The lowest BCUT2D eigenvalue weighted by atomic mass is 10.1. The van der Waals surface area contributed by atoms with Crippen LogP contribution in [0.1, 0.15) is 6.42 Å². The van der Waals surface area contributed by atoms with Gasteiger partial charge >= 0.3 is 0 Å². The molecule has 0 aromatic carbocycles. The second kappa shape index (κ2) is 5.11. The van der Waals surface area contributed by atoms with Crippen LogP contribution in [-0.4, -0.2) is 29.2 Å². The quantitative estimate of drug-likeness (QED) is 0.484. The van der Waals surface area contributed by atoms with E-state index < -0.39 is 0 Å². The van der Waals surface area contributed by atoms with Gasteiger partial charge in [-0.1, -0.05) is 5.11 Å². The fraction of sp³-hybridized carbons (Fsp3) is 0.444. The Morgan fingerprint density at radius 3 is 3.06 bits per heavy atom. The third kappa shape index (κ3) is 2.72. The van der Waals surface area contributed by atoms with E-state index in [4.69, 9.17) is 5.53 Å². The van der Waals surface area contributed by atoms with Crippen LogP contribution in [0.25, 0.3) is 10.4 Å². The summed E-state index contributed by atoms with van der Waals surface area (Å²) in [6.45, 7) is 0.858. The normalized spacial score (nSPS) is 19.2. The summed E-state index contributed by atoms with van der Waals surface area (Å²) in [6.07, 6.45) is 0.386. The Bertz CT molecular complexity index is 469. The van der Waals surface area contributed by atoms with Crippen molar-refractivity contribution in [1.82, 2.24) is 10.2 Å². The predicted octanol–water partition coefficient (Wildman–Crippen LogP) is 1.90. The van der Waals surface area contributed by atoms with Crippen LogP contribution in [0, 0.1) is 5.92 Å². The Kier molecular flexibility index (Phi) is 3.55. The van der Waals surface area contributed by atoms with Crippen LogP contribution in [0.5, 0.6) is 0 Å². The SMILES string of the molecule is [N-]=[N+]=NCC1CC(=O)N(c2ccc(Br)nn2)C1. The highest BCUT2D eigenvalue weighted by molar-refractivity contribution is 9.10. The Morgan fingerprint density at radius 2 is 2.41 bits per heavy atom. The minimum absolute atomic E-state index is 0.0141. The van der Waals surface area contributed by atoms with Crippen LogP contribution in [-0.2, 0) is 4.79 Å². The largest absolute Gasteiger partial charge is 0.295 e. The lowest BCUT2D eigenvalue weighted by Gasteiger charge is -2.14. The summed E-state index contributed by atoms with van der Waals surface area (Å²) < 4.78 is 0.624. The third-order valence-corrected chi connectivity index (χ3v) is 2.93. The number of nitrogens with zero attached hydrogens (tertiary/aromatic N) is 6. The molecule has 1 atom stereocenters. The standard InChI is InChI=1S/C9H9BrN6O/c10-7-1-2-8(14-13-7)16-5-6(3-9(16)17)4-12-15-11/h1-2,6H,3-5H2. The van der Waals surface area contributed by atoms with Gasteiger partial charge < -0.3 is 0 Å². The molecule has 17 heavy (non-hydrogen) atoms. The first-order valence-electron chi connectivity index (χ1n) is 5.01. The number of halogens is 1. The second-order valence-corrected chi connectivity index (χ2v) is 4.51. The molecule has 8 heteroatoms. The van der Waals surface area contributed by atoms with Crippen molar-refractivity contribution >= 4 is 27.7 Å². The number of amides is 1. The minimum Gasteiger partial charge on any atom is -0.295 e. The number of carbonyl (C=O) groups is 1. The Morgan fingerprint density at radius 1 is 1.59 bits per heavy atom. The number of azide groups is 1. The molecule has 1 aliphatic heterocycles. The van der Waals surface area contributed by atoms with E-state index in [2.05, 4.69) is 36.2 Å². The fourth-order valence-electron chi connectivity index (χ4n) is 1.73. The van der Waals surface area contributed by atoms with Crippen molar-refractivity contribution in [3.05, 3.63) is 27.2 Å². The molecule has 2 rings (SSSR count). The smallest absolute Gasteiger partial charge is 0.228 e. The van der Waals surface area contributed by atoms with Gasteiger partial charge in [-0.15, -0.1) is 10.2 Å². The molecule has 1 unspecified atom stereocenters. The van der Waals surface area contributed by atoms with Crippen molar-refractivity contribution in [3.63, 3.8) is 0 Å². The summed E-state index contributed by atoms with van der Waals surface area (Å²) in [6, 6.07) is 3.46. The van der Waals surface area contributed by atoms with Gasteiger partial charge in [0, 0.05) is 24.4 Å². The van der Waals surface area contributed by atoms with E-state index in [1.54, 1.807) is 17.0 Å². The van der Waals surface area contributed by atoms with Crippen molar-refractivity contribution in [1.29, 1.82) is 0 Å². The summed E-state index contributed by atoms with van der Waals surface area (Å²) in [4.78, 5) is 16.0. The van der Waals surface area contributed by atoms with E-state index in [9.17, 15) is 4.79 Å². The highest BCUT2D eigenvalue weighted by Crippen LogP contribution is 2.23. The first-order valence-corrected chi connectivity index (χ1v) is 5.80. The van der Waals surface area contributed by atoms with E-state index in [1.807, 2.05) is 0 Å². The summed E-state index contributed by atoms with van der Waals surface area (Å²) in [5.74, 6) is 0.574. The zero-order chi connectivity index (χ0) is 12.3. The van der Waals surface area contributed by atoms with E-state index in [-0.39, 0.29) is 11.8 Å². The topological polar surface area (TPSA) is 94.9 Å². The number of hydrogen-bond donors (Lipinski definition) is 0. The Labute approximate surface area is 106 Å². The third-order valence-electron chi connectivity index (χ3n) is 2.50. The van der Waals surface area contributed by atoms with E-state index in [0.717, 1.165) is 0 Å². The Hall–Kier alpha value is -1.66. The van der Waals surface area contributed by atoms with E-state index >= 15 is 0 Å². The molecule has 1 amide bonds. The molecular formula is C9H9BrN6O. The average molecular weight is 297 g/mol. The van der Waals surface area contributed by atoms with Gasteiger partial charge in [-0.05, 0) is 39.5 Å². The van der Waals surface area contributed by atoms with Crippen LogP contribution in [0.4, 0.5) is 5.82 Å². The van der Waals surface area contributed by atoms with Crippen molar-refractivity contribution < 1.29 is 4.79 Å². The molecule has 0 aliphatic carbocycles. The maximum absolute atomic E-state index is 11.7. The average Bonchev–Trinajstić information content (AvgIpc) is 2.69. The molecule has 1 aromatic heterocycles. The van der Waals surface area contributed by atoms with Crippen LogP contribution in [0.2, 0.25) is 0 Å². The first-order chi connectivity index (χ1) is 8.20. The van der Waals surface area contributed by atoms with E-state index in [1.165, 1.54) is 0 Å². The molecule has 1 fully saturated rings. The Balaban J connectivity index is 2.10. The molecule has 0 bridgehead atoms. The maximum atomic E-state index is 11.7. The van der Waals surface area contributed by atoms with Crippen molar-refractivity contribution in [2.45, 2.75) is 6.42 Å². The number of carbonyl (C=O) groups excluding carboxylic acids is 1. The van der Waals surface area contributed by atoms with Gasteiger partial charge in [-0.25, -0.2) is 0 Å². The highest BCUT2D eigenvalue weighted by Gasteiger charge is 2.30. The fourth-order valence-corrected chi connectivity index (χ4v) is 1.94. The first kappa shape index (κ1) is 11.8. The second-order valence-electron chi connectivity index (χ2n) is 3.70. The molecule has 0 radical (unpaired) electrons. The molecule has 1 aromatic rings. The van der Waals surface area contributed by atoms with Gasteiger partial charge in [0.05, 0.1) is 0 Å². The monoisotopic (exact) mass is 296 g/mol. The van der Waals surface area contributed by atoms with Crippen molar-refractivity contribution in [3.8, 4) is 0 Å². The number of hydrogen-bond acceptors (Lipinski definition) is 4. The molecule has 2 heterocycles. The van der Waals surface area contributed by atoms with Gasteiger partial charge in [0.25, 0.3) is 0 Å². The summed E-state index contributed by atoms with van der Waals surface area (Å²) in [7, 11) is 0. The van der Waals surface area contributed by atoms with Gasteiger partial charge in [0.1, 0.15) is 4.60 Å². The predicted molar refractivity (Wildman–Crippen MR) is 64.2 cm³/mol. The van der Waals surface area contributed by atoms with Crippen LogP contribution in [0.3, 0.4) is 0 Å². The molecule has 0 spiro atoms. The lowest BCUT2D eigenvalue weighted by Crippen LogP contribution is -2.26. The van der Waals surface area contributed by atoms with Crippen LogP contribution < -0.4 is 4.90 Å². The lowest BCUT2D eigenvalue weighted by molar-refractivity contribution is -0.117. The summed E-state index contributed by atoms with van der Waals surface area (Å²) in [5, 5.41) is 11.3. The number of aromatic nitrogens is 2.